The maximum Gasteiger partial charge on any atom is 0.346 e. The van der Waals surface area contributed by atoms with Crippen molar-refractivity contribution >= 4 is 11.9 Å². The molecule has 78 valence electrons. The van der Waals surface area contributed by atoms with Crippen molar-refractivity contribution < 1.29 is 19.7 Å². The zero-order valence-corrected chi connectivity index (χ0v) is 7.75. The molecule has 0 spiro atoms. The number of benzene rings is 1. The Labute approximate surface area is 85.6 Å². The molecule has 1 atom stereocenters. The minimum atomic E-state index is -1.05. The number of aliphatic imine (C=N–C) groups is 1. The third-order valence-corrected chi connectivity index (χ3v) is 2.06. The molecule has 0 fully saturated rings. The second kappa shape index (κ2) is 3.61. The van der Waals surface area contributed by atoms with Crippen molar-refractivity contribution in [2.75, 3.05) is 6.54 Å². The molecule has 2 N–H and O–H groups in total. The lowest BCUT2D eigenvalue weighted by Gasteiger charge is -2.07. The van der Waals surface area contributed by atoms with Crippen molar-refractivity contribution in [3.63, 3.8) is 0 Å². The van der Waals surface area contributed by atoms with Gasteiger partial charge in [-0.05, 0) is 12.1 Å². The molecule has 0 saturated carbocycles. The van der Waals surface area contributed by atoms with Crippen LogP contribution in [0.5, 0.6) is 5.75 Å². The number of carboxylic acid groups (broad SMARTS) is 1. The molecule has 0 radical (unpaired) electrons. The number of hydrogen-bond donors (Lipinski definition) is 2. The number of aliphatic carboxylic acids is 1. The van der Waals surface area contributed by atoms with E-state index in [1.807, 2.05) is 0 Å². The number of aromatic hydroxyl groups is 1. The summed E-state index contributed by atoms with van der Waals surface area (Å²) in [5.41, 5.74) is 0.418. The molecule has 0 aliphatic carbocycles. The summed E-state index contributed by atoms with van der Waals surface area (Å²) >= 11 is 0. The van der Waals surface area contributed by atoms with E-state index in [0.29, 0.717) is 5.56 Å². The average molecular weight is 207 g/mol. The van der Waals surface area contributed by atoms with Crippen LogP contribution >= 0.6 is 0 Å². The van der Waals surface area contributed by atoms with E-state index < -0.39 is 12.1 Å². The van der Waals surface area contributed by atoms with Crippen molar-refractivity contribution in [3.8, 4) is 5.75 Å². The van der Waals surface area contributed by atoms with Crippen LogP contribution in [0.4, 0.5) is 0 Å². The second-order valence-corrected chi connectivity index (χ2v) is 3.11. The third kappa shape index (κ3) is 1.76. The van der Waals surface area contributed by atoms with Crippen molar-refractivity contribution in [1.82, 2.24) is 0 Å². The molecule has 0 bridgehead atoms. The topological polar surface area (TPSA) is 79.1 Å². The lowest BCUT2D eigenvalue weighted by molar-refractivity contribution is -0.144. The molecule has 5 nitrogen and oxygen atoms in total. The fourth-order valence-electron chi connectivity index (χ4n) is 1.31. The second-order valence-electron chi connectivity index (χ2n) is 3.11. The van der Waals surface area contributed by atoms with Gasteiger partial charge < -0.3 is 14.9 Å². The first kappa shape index (κ1) is 9.51. The van der Waals surface area contributed by atoms with E-state index in [4.69, 9.17) is 9.84 Å². The van der Waals surface area contributed by atoms with Crippen molar-refractivity contribution in [3.05, 3.63) is 29.8 Å². The Kier molecular flexibility index (Phi) is 2.29. The SMILES string of the molecule is O=C(O)C1CN=C(c2ccccc2O)O1. The number of hydrogen-bond acceptors (Lipinski definition) is 4. The summed E-state index contributed by atoms with van der Waals surface area (Å²) in [5.74, 6) is -0.841. The van der Waals surface area contributed by atoms with Crippen molar-refractivity contribution in [2.24, 2.45) is 4.99 Å². The summed E-state index contributed by atoms with van der Waals surface area (Å²) < 4.78 is 5.08. The van der Waals surface area contributed by atoms with Gasteiger partial charge >= 0.3 is 5.97 Å². The highest BCUT2D eigenvalue weighted by atomic mass is 16.5. The Morgan fingerprint density at radius 1 is 1.47 bits per heavy atom. The van der Waals surface area contributed by atoms with Crippen LogP contribution < -0.4 is 0 Å². The summed E-state index contributed by atoms with van der Waals surface area (Å²) in [7, 11) is 0. The van der Waals surface area contributed by atoms with Gasteiger partial charge in [-0.25, -0.2) is 9.79 Å². The molecule has 0 aromatic heterocycles. The van der Waals surface area contributed by atoms with Gasteiger partial charge in [0.15, 0.2) is 0 Å². The number of para-hydroxylation sites is 1. The van der Waals surface area contributed by atoms with E-state index in [9.17, 15) is 9.90 Å². The lowest BCUT2D eigenvalue weighted by atomic mass is 10.2. The van der Waals surface area contributed by atoms with Gasteiger partial charge in [0.05, 0.1) is 12.1 Å². The molecule has 1 aromatic rings. The minimum Gasteiger partial charge on any atom is -0.507 e. The predicted molar refractivity (Wildman–Crippen MR) is 52.0 cm³/mol. The van der Waals surface area contributed by atoms with Crippen LogP contribution in [0.2, 0.25) is 0 Å². The minimum absolute atomic E-state index is 0.0299. The van der Waals surface area contributed by atoms with E-state index in [1.54, 1.807) is 18.2 Å². The number of nitrogens with zero attached hydrogens (tertiary/aromatic N) is 1. The largest absolute Gasteiger partial charge is 0.507 e. The van der Waals surface area contributed by atoms with Crippen LogP contribution in [0.1, 0.15) is 5.56 Å². The van der Waals surface area contributed by atoms with Gasteiger partial charge in [0.1, 0.15) is 5.75 Å². The molecule has 5 heteroatoms. The maximum atomic E-state index is 10.6. The first-order valence-corrected chi connectivity index (χ1v) is 4.41. The van der Waals surface area contributed by atoms with Crippen LogP contribution in [0.15, 0.2) is 29.3 Å². The van der Waals surface area contributed by atoms with Crippen LogP contribution in [0, 0.1) is 0 Å². The van der Waals surface area contributed by atoms with Gasteiger partial charge in [0, 0.05) is 0 Å². The summed E-state index contributed by atoms with van der Waals surface area (Å²) in [6, 6.07) is 6.51. The molecular formula is C10H9NO4. The Balaban J connectivity index is 2.21. The summed E-state index contributed by atoms with van der Waals surface area (Å²) in [5, 5.41) is 18.2. The van der Waals surface area contributed by atoms with Gasteiger partial charge in [-0.1, -0.05) is 12.1 Å². The highest BCUT2D eigenvalue weighted by Crippen LogP contribution is 2.20. The number of carboxylic acids is 1. The average Bonchev–Trinajstić information content (AvgIpc) is 2.67. The Hall–Kier alpha value is -2.04. The highest BCUT2D eigenvalue weighted by Gasteiger charge is 2.28. The molecule has 0 amide bonds. The Morgan fingerprint density at radius 3 is 2.80 bits per heavy atom. The molecule has 1 unspecified atom stereocenters. The number of rotatable bonds is 2. The maximum absolute atomic E-state index is 10.6. The number of phenols is 1. The molecule has 1 aliphatic rings. The van der Waals surface area contributed by atoms with Crippen LogP contribution in [-0.4, -0.2) is 34.7 Å². The number of carbonyl (C=O) groups is 1. The lowest BCUT2D eigenvalue weighted by Crippen LogP contribution is -2.24. The van der Waals surface area contributed by atoms with E-state index in [1.165, 1.54) is 6.07 Å². The smallest absolute Gasteiger partial charge is 0.346 e. The summed E-state index contributed by atoms with van der Waals surface area (Å²) in [6.45, 7) is 0.0823. The molecule has 15 heavy (non-hydrogen) atoms. The van der Waals surface area contributed by atoms with Gasteiger partial charge in [-0.15, -0.1) is 0 Å². The van der Waals surface area contributed by atoms with Crippen LogP contribution in [-0.2, 0) is 9.53 Å². The molecule has 2 rings (SSSR count). The zero-order chi connectivity index (χ0) is 10.8. The van der Waals surface area contributed by atoms with Crippen molar-refractivity contribution in [2.45, 2.75) is 6.10 Å². The molecular weight excluding hydrogens is 198 g/mol. The van der Waals surface area contributed by atoms with Crippen LogP contribution in [0.3, 0.4) is 0 Å². The first-order chi connectivity index (χ1) is 7.18. The van der Waals surface area contributed by atoms with E-state index in [-0.39, 0.29) is 18.2 Å². The Bertz CT molecular complexity index is 427. The fraction of sp³-hybridized carbons (Fsp3) is 0.200. The van der Waals surface area contributed by atoms with Crippen LogP contribution in [0.25, 0.3) is 0 Å². The molecule has 1 aliphatic heterocycles. The van der Waals surface area contributed by atoms with Gasteiger partial charge in [-0.3, -0.25) is 0 Å². The molecule has 1 aromatic carbocycles. The zero-order valence-electron chi connectivity index (χ0n) is 7.75. The number of ether oxygens (including phenoxy) is 1. The van der Waals surface area contributed by atoms with E-state index in [0.717, 1.165) is 0 Å². The quantitative estimate of drug-likeness (QED) is 0.745. The van der Waals surface area contributed by atoms with Gasteiger partial charge in [-0.2, -0.15) is 0 Å². The fourth-order valence-corrected chi connectivity index (χ4v) is 1.31. The van der Waals surface area contributed by atoms with E-state index >= 15 is 0 Å². The highest BCUT2D eigenvalue weighted by molar-refractivity contribution is 5.99. The first-order valence-electron chi connectivity index (χ1n) is 4.41. The normalized spacial score (nSPS) is 19.5. The monoisotopic (exact) mass is 207 g/mol. The van der Waals surface area contributed by atoms with Gasteiger partial charge in [0.25, 0.3) is 0 Å². The van der Waals surface area contributed by atoms with Gasteiger partial charge in [0.2, 0.25) is 12.0 Å². The molecule has 1 heterocycles. The third-order valence-electron chi connectivity index (χ3n) is 2.06. The predicted octanol–water partition coefficient (Wildman–Crippen LogP) is 0.622. The standard InChI is InChI=1S/C10H9NO4/c12-7-4-2-1-3-6(7)9-11-5-8(15-9)10(13)14/h1-4,8,12H,5H2,(H,13,14). The van der Waals surface area contributed by atoms with Crippen molar-refractivity contribution in [1.29, 1.82) is 0 Å². The summed E-state index contributed by atoms with van der Waals surface area (Å²) in [4.78, 5) is 14.5. The Morgan fingerprint density at radius 2 is 2.20 bits per heavy atom. The van der Waals surface area contributed by atoms with E-state index in [2.05, 4.69) is 4.99 Å². The number of phenolic OH excluding ortho intramolecular Hbond substituents is 1. The molecule has 0 saturated heterocycles. The summed E-state index contributed by atoms with van der Waals surface area (Å²) in [6.07, 6.45) is -0.945.